The van der Waals surface area contributed by atoms with Crippen LogP contribution in [-0.4, -0.2) is 52.8 Å². The van der Waals surface area contributed by atoms with Gasteiger partial charge in [-0.05, 0) is 236 Å². The summed E-state index contributed by atoms with van der Waals surface area (Å²) in [6.07, 6.45) is -6.64. The second-order valence-corrected chi connectivity index (χ2v) is 27.0. The minimum Gasteiger partial charge on any atom is -0.457 e. The van der Waals surface area contributed by atoms with Gasteiger partial charge in [-0.25, -0.2) is 0 Å². The molecule has 3 unspecified atom stereocenters. The molecule has 15 rings (SSSR count). The van der Waals surface area contributed by atoms with Gasteiger partial charge in [-0.1, -0.05) is 64.6 Å². The van der Waals surface area contributed by atoms with Gasteiger partial charge in [-0.3, -0.25) is 43.4 Å². The number of benzene rings is 10. The molecule has 5 amide bonds. The Balaban J connectivity index is 0.000000144. The number of nitrogens with two attached hydrogens (primary N) is 2. The third kappa shape index (κ3) is 21.1. The van der Waals surface area contributed by atoms with Gasteiger partial charge in [0.05, 0.1) is 41.7 Å². The largest absolute Gasteiger partial charge is 0.457 e. The lowest BCUT2D eigenvalue weighted by molar-refractivity contribution is -0.152. The van der Waals surface area contributed by atoms with Gasteiger partial charge >= 0.3 is 24.3 Å². The number of imide groups is 1. The first-order chi connectivity index (χ1) is 53.0. The van der Waals surface area contributed by atoms with Gasteiger partial charge in [-0.2, -0.15) is 26.3 Å². The number of ether oxygens (including phenoxy) is 5. The first-order valence-corrected chi connectivity index (χ1v) is 35.8. The van der Waals surface area contributed by atoms with Crippen molar-refractivity contribution in [2.75, 3.05) is 31.1 Å². The summed E-state index contributed by atoms with van der Waals surface area (Å²) in [5, 5.41) is 12.3. The number of aliphatic hydroxyl groups excluding tert-OH is 1. The molecule has 0 spiro atoms. The first-order valence-electron chi connectivity index (χ1n) is 34.3. The number of aliphatic hydroxyl groups is 1. The molecular formula is C82H66Cl4F6N6O13. The van der Waals surface area contributed by atoms with E-state index in [0.717, 1.165) is 12.1 Å². The molecule has 0 bridgehead atoms. The van der Waals surface area contributed by atoms with Gasteiger partial charge in [-0.15, -0.1) is 0 Å². The fourth-order valence-corrected chi connectivity index (χ4v) is 12.8. The van der Waals surface area contributed by atoms with Crippen molar-refractivity contribution >= 4 is 122 Å². The molecule has 5 saturated heterocycles. The van der Waals surface area contributed by atoms with Crippen LogP contribution in [0.2, 0.25) is 20.1 Å². The quantitative estimate of drug-likeness (QED) is 0.0301. The third-order valence-corrected chi connectivity index (χ3v) is 18.6. The molecule has 10 aromatic rings. The van der Waals surface area contributed by atoms with E-state index < -0.39 is 53.7 Å². The number of carbonyl (C=O) groups excluding carboxylic acids is 7. The van der Waals surface area contributed by atoms with Crippen LogP contribution >= 0.6 is 46.4 Å². The summed E-state index contributed by atoms with van der Waals surface area (Å²) in [6.45, 7) is 0. The number of esters is 2. The predicted molar refractivity (Wildman–Crippen MR) is 407 cm³/mol. The number of hydrogen-bond acceptors (Lipinski definition) is 15. The van der Waals surface area contributed by atoms with Crippen LogP contribution in [0.25, 0.3) is 0 Å². The Morgan fingerprint density at radius 1 is 0.360 bits per heavy atom. The average Bonchev–Trinajstić information content (AvgIpc) is 1.72. The molecule has 0 aromatic heterocycles. The zero-order valence-electron chi connectivity index (χ0n) is 58.3. The predicted octanol–water partition coefficient (Wildman–Crippen LogP) is 20.4. The molecule has 3 atom stereocenters. The van der Waals surface area contributed by atoms with Crippen LogP contribution in [0.5, 0.6) is 46.0 Å². The van der Waals surface area contributed by atoms with Crippen LogP contribution in [0.3, 0.4) is 0 Å². The Morgan fingerprint density at radius 3 is 1.03 bits per heavy atom. The number of nitrogens with zero attached hydrogens (tertiary/aromatic N) is 4. The molecule has 0 aliphatic carbocycles. The Hall–Kier alpha value is -11.6. The van der Waals surface area contributed by atoms with Gasteiger partial charge in [0.2, 0.25) is 29.5 Å². The Bertz CT molecular complexity index is 4950. The highest BCUT2D eigenvalue weighted by Crippen LogP contribution is 2.46. The molecular weight excluding hydrogens is 1530 g/mol. The summed E-state index contributed by atoms with van der Waals surface area (Å²) >= 11 is 23.4. The van der Waals surface area contributed by atoms with Crippen LogP contribution in [0.15, 0.2) is 231 Å². The second-order valence-electron chi connectivity index (χ2n) is 25.2. The number of rotatable bonds is 14. The van der Waals surface area contributed by atoms with E-state index in [-0.39, 0.29) is 79.4 Å². The summed E-state index contributed by atoms with van der Waals surface area (Å²) in [4.78, 5) is 85.8. The van der Waals surface area contributed by atoms with E-state index in [9.17, 15) is 65.0 Å². The molecule has 5 aliphatic heterocycles. The molecule has 5 fully saturated rings. The van der Waals surface area contributed by atoms with Gasteiger partial charge in [0, 0.05) is 87.1 Å². The summed E-state index contributed by atoms with van der Waals surface area (Å²) in [6, 6.07) is 61.9. The van der Waals surface area contributed by atoms with Gasteiger partial charge < -0.3 is 50.1 Å². The van der Waals surface area contributed by atoms with Crippen LogP contribution in [0.1, 0.15) is 98.5 Å². The van der Waals surface area contributed by atoms with Crippen LogP contribution in [-0.2, 0) is 50.7 Å². The number of cyclic esters (lactones) is 2. The minimum atomic E-state index is -4.56. The zero-order chi connectivity index (χ0) is 79.3. The minimum absolute atomic E-state index is 0.0612. The standard InChI is InChI=1S/2C23H18ClF3N2O2.C16H14ClNO3.C16H12ClNO3.C4H4O3/c24-15-2-6-17(7-3-15)31-18-8-4-16(5-9-18)29-21(11-12-22(29)30)14-1-10-20(28)19(13-14)23(25,26)27;24-14-4-8-16(9-5-14)31-17-10-6-15(7-11-17)29-20(12-13-21(29)30)18-2-1-3-19(22(18)28)23(25,26)27;2*17-11-1-5-13(6-2-11)21-14-7-3-12(4-8-14)18-15(19)9-10-16(18)20;5-3-1-2-4(6)7-3/h1-10,13,21H,11-12,28H2;1-11,20H,12-13,28H2;1-8,15,19H,9-10H2;1-8H,9-10H2;1-2H2. The third-order valence-electron chi connectivity index (χ3n) is 17.6. The van der Waals surface area contributed by atoms with E-state index >= 15 is 0 Å². The lowest BCUT2D eigenvalue weighted by Gasteiger charge is -2.27. The fourth-order valence-electron chi connectivity index (χ4n) is 12.3. The Kier molecular flexibility index (Phi) is 26.0. The Labute approximate surface area is 651 Å². The van der Waals surface area contributed by atoms with E-state index in [2.05, 4.69) is 4.74 Å². The van der Waals surface area contributed by atoms with Crippen LogP contribution in [0.4, 0.5) is 60.5 Å². The van der Waals surface area contributed by atoms with E-state index in [4.69, 9.17) is 76.8 Å². The molecule has 5 aliphatic rings. The molecule has 0 saturated carbocycles. The fraction of sp³-hybridized carbons (Fsp3) is 0.183. The second kappa shape index (κ2) is 35.8. The van der Waals surface area contributed by atoms with Crippen molar-refractivity contribution in [3.05, 3.63) is 273 Å². The van der Waals surface area contributed by atoms with Gasteiger partial charge in [0.25, 0.3) is 0 Å². The lowest BCUT2D eigenvalue weighted by Crippen LogP contribution is -2.32. The number of carbonyl (C=O) groups is 7. The normalized spacial score (nSPS) is 16.7. The highest BCUT2D eigenvalue weighted by molar-refractivity contribution is 6.31. The highest BCUT2D eigenvalue weighted by Gasteiger charge is 2.41. The van der Waals surface area contributed by atoms with Crippen LogP contribution < -0.4 is 50.0 Å². The van der Waals surface area contributed by atoms with Gasteiger partial charge in [0.1, 0.15) is 52.2 Å². The van der Waals surface area contributed by atoms with E-state index in [1.807, 2.05) is 0 Å². The maximum Gasteiger partial charge on any atom is 0.418 e. The average molecular weight is 1600 g/mol. The van der Waals surface area contributed by atoms with E-state index in [0.29, 0.717) is 126 Å². The van der Waals surface area contributed by atoms with Crippen molar-refractivity contribution in [3.63, 3.8) is 0 Å². The van der Waals surface area contributed by atoms with E-state index in [1.54, 1.807) is 206 Å². The van der Waals surface area contributed by atoms with E-state index in [1.165, 1.54) is 31.7 Å². The zero-order valence-corrected chi connectivity index (χ0v) is 61.3. The lowest BCUT2D eigenvalue weighted by atomic mass is 9.98. The summed E-state index contributed by atoms with van der Waals surface area (Å²) < 4.78 is 107. The highest BCUT2D eigenvalue weighted by atomic mass is 35.5. The summed E-state index contributed by atoms with van der Waals surface area (Å²) in [5.74, 6) is 3.44. The maximum absolute atomic E-state index is 13.3. The molecule has 10 aromatic carbocycles. The number of hydrogen-bond donors (Lipinski definition) is 3. The SMILES string of the molecule is Nc1c(C2CCC(=O)N2c2ccc(Oc3ccc(Cl)cc3)cc2)cccc1C(F)(F)F.Nc1ccc(C2CCC(=O)N2c2ccc(Oc3ccc(Cl)cc3)cc2)cc1C(F)(F)F.O=C1CCC(=O)N1c1ccc(Oc2ccc(Cl)cc2)cc1.O=C1CCC(=O)O1.O=C1CCC(O)N1c1ccc(Oc2ccc(Cl)cc2)cc1. The van der Waals surface area contributed by atoms with Crippen molar-refractivity contribution in [1.29, 1.82) is 0 Å². The van der Waals surface area contributed by atoms with Crippen molar-refractivity contribution in [2.45, 2.75) is 94.9 Å². The molecule has 5 heterocycles. The van der Waals surface area contributed by atoms with Crippen molar-refractivity contribution in [3.8, 4) is 46.0 Å². The number of alkyl halides is 6. The Morgan fingerprint density at radius 2 is 0.685 bits per heavy atom. The molecule has 0 radical (unpaired) electrons. The number of amides is 5. The molecule has 572 valence electrons. The number of para-hydroxylation sites is 1. The number of nitrogen functional groups attached to an aromatic ring is 2. The van der Waals surface area contributed by atoms with Crippen molar-refractivity contribution in [1.82, 2.24) is 0 Å². The van der Waals surface area contributed by atoms with Crippen molar-refractivity contribution < 1.29 is 88.7 Å². The summed E-state index contributed by atoms with van der Waals surface area (Å²) in [7, 11) is 0. The first kappa shape index (κ1) is 80.4. The molecule has 111 heavy (non-hydrogen) atoms. The monoisotopic (exact) mass is 1600 g/mol. The topological polar surface area (TPSA) is 251 Å². The summed E-state index contributed by atoms with van der Waals surface area (Å²) in [5.41, 5.74) is 12.0. The molecule has 5 N–H and O–H groups in total. The number of halogens is 10. The maximum atomic E-state index is 13.3. The molecule has 29 heteroatoms. The van der Waals surface area contributed by atoms with Gasteiger partial charge in [0.15, 0.2) is 0 Å². The van der Waals surface area contributed by atoms with Crippen LogP contribution in [0, 0.1) is 0 Å². The smallest absolute Gasteiger partial charge is 0.418 e. The molecule has 19 nitrogen and oxygen atoms in total. The van der Waals surface area contributed by atoms with Crippen molar-refractivity contribution in [2.24, 2.45) is 0 Å². The number of anilines is 6.